The zero-order chi connectivity index (χ0) is 24.6. The Morgan fingerprint density at radius 1 is 0.971 bits per heavy atom. The van der Waals surface area contributed by atoms with Crippen molar-refractivity contribution in [3.63, 3.8) is 0 Å². The zero-order valence-corrected chi connectivity index (χ0v) is 19.7. The summed E-state index contributed by atoms with van der Waals surface area (Å²) in [4.78, 5) is 20.6. The highest BCUT2D eigenvalue weighted by atomic mass is 32.2. The molecule has 0 N–H and O–H groups in total. The van der Waals surface area contributed by atoms with Crippen LogP contribution in [0.2, 0.25) is 0 Å². The molecule has 35 heavy (non-hydrogen) atoms. The maximum Gasteiger partial charge on any atom is 0.266 e. The molecule has 0 aliphatic carbocycles. The molecule has 4 aromatic rings. The highest BCUT2D eigenvalue weighted by Gasteiger charge is 2.34. The Balaban J connectivity index is 1.44. The van der Waals surface area contributed by atoms with E-state index in [1.807, 2.05) is 6.92 Å². The van der Waals surface area contributed by atoms with Crippen LogP contribution in [0.5, 0.6) is 0 Å². The smallest absolute Gasteiger partial charge is 0.266 e. The van der Waals surface area contributed by atoms with E-state index >= 15 is 0 Å². The van der Waals surface area contributed by atoms with Crippen molar-refractivity contribution in [2.24, 2.45) is 0 Å². The molecule has 5 rings (SSSR count). The van der Waals surface area contributed by atoms with E-state index in [2.05, 4.69) is 4.98 Å². The number of oxazole rings is 1. The SMILES string of the molecule is Cc1ccc(S(=O)(=O)c2nc(-c3ccco3)oc2N2CCN(C(=O)c3ccc(F)cc3)CC2)cc1. The van der Waals surface area contributed by atoms with Crippen molar-refractivity contribution in [3.8, 4) is 11.7 Å². The highest BCUT2D eigenvalue weighted by Crippen LogP contribution is 2.35. The summed E-state index contributed by atoms with van der Waals surface area (Å²) in [6, 6.07) is 15.2. The third-order valence-corrected chi connectivity index (χ3v) is 7.51. The Hall–Kier alpha value is -3.92. The molecule has 10 heteroatoms. The second kappa shape index (κ2) is 9.03. The molecule has 0 radical (unpaired) electrons. The fourth-order valence-corrected chi connectivity index (χ4v) is 5.22. The van der Waals surface area contributed by atoms with E-state index in [1.54, 1.807) is 34.1 Å². The first-order chi connectivity index (χ1) is 16.8. The molecule has 1 aliphatic rings. The van der Waals surface area contributed by atoms with Crippen LogP contribution < -0.4 is 4.90 Å². The lowest BCUT2D eigenvalue weighted by atomic mass is 10.2. The molecular weight excluding hydrogens is 473 g/mol. The standard InChI is InChI=1S/C25H22FN3O5S/c1-17-4-10-20(11-5-17)35(31,32)23-25(34-22(27-23)21-3-2-16-33-21)29-14-12-28(13-15-29)24(30)18-6-8-19(26)9-7-18/h2-11,16H,12-15H2,1H3. The Morgan fingerprint density at radius 2 is 1.66 bits per heavy atom. The van der Waals surface area contributed by atoms with Crippen molar-refractivity contribution in [2.45, 2.75) is 16.8 Å². The topological polar surface area (TPSA) is 96.9 Å². The molecule has 8 nitrogen and oxygen atoms in total. The third-order valence-electron chi connectivity index (χ3n) is 5.84. The molecule has 1 aliphatic heterocycles. The second-order valence-electron chi connectivity index (χ2n) is 8.21. The summed E-state index contributed by atoms with van der Waals surface area (Å²) in [5, 5.41) is -0.203. The summed E-state index contributed by atoms with van der Waals surface area (Å²) >= 11 is 0. The summed E-state index contributed by atoms with van der Waals surface area (Å²) in [7, 11) is -3.99. The highest BCUT2D eigenvalue weighted by molar-refractivity contribution is 7.91. The molecule has 0 bridgehead atoms. The van der Waals surface area contributed by atoms with Gasteiger partial charge in [0.05, 0.1) is 11.2 Å². The molecule has 1 amide bonds. The van der Waals surface area contributed by atoms with Crippen molar-refractivity contribution < 1.29 is 26.4 Å². The van der Waals surface area contributed by atoms with Crippen LogP contribution in [0.4, 0.5) is 10.3 Å². The fraction of sp³-hybridized carbons (Fsp3) is 0.200. The van der Waals surface area contributed by atoms with Gasteiger partial charge in [0.2, 0.25) is 20.7 Å². The normalized spacial score (nSPS) is 14.3. The number of furan rings is 1. The van der Waals surface area contributed by atoms with Gasteiger partial charge in [0.1, 0.15) is 5.82 Å². The monoisotopic (exact) mass is 495 g/mol. The third kappa shape index (κ3) is 4.44. The number of anilines is 1. The Labute approximate surface area is 201 Å². The van der Waals surface area contributed by atoms with Crippen molar-refractivity contribution >= 4 is 21.6 Å². The van der Waals surface area contributed by atoms with Gasteiger partial charge in [-0.2, -0.15) is 4.98 Å². The van der Waals surface area contributed by atoms with Crippen molar-refractivity contribution in [2.75, 3.05) is 31.1 Å². The number of aromatic nitrogens is 1. The summed E-state index contributed by atoms with van der Waals surface area (Å²) < 4.78 is 51.5. The van der Waals surface area contributed by atoms with Crippen molar-refractivity contribution in [3.05, 3.63) is 83.9 Å². The summed E-state index contributed by atoms with van der Waals surface area (Å²) in [5.41, 5.74) is 1.32. The van der Waals surface area contributed by atoms with Gasteiger partial charge in [0, 0.05) is 31.7 Å². The average molecular weight is 496 g/mol. The molecule has 1 saturated heterocycles. The maximum absolute atomic E-state index is 13.5. The number of sulfone groups is 1. The van der Waals surface area contributed by atoms with Gasteiger partial charge in [-0.3, -0.25) is 4.79 Å². The molecule has 0 spiro atoms. The van der Waals surface area contributed by atoms with E-state index in [0.29, 0.717) is 37.5 Å². The number of benzene rings is 2. The van der Waals surface area contributed by atoms with Crippen LogP contribution in [0, 0.1) is 12.7 Å². The van der Waals surface area contributed by atoms with Gasteiger partial charge >= 0.3 is 0 Å². The molecule has 0 atom stereocenters. The second-order valence-corrected chi connectivity index (χ2v) is 10.1. The summed E-state index contributed by atoms with van der Waals surface area (Å²) in [6.45, 7) is 3.19. The van der Waals surface area contributed by atoms with Gasteiger partial charge in [0.25, 0.3) is 11.8 Å². The molecule has 1 fully saturated rings. The number of halogens is 1. The summed E-state index contributed by atoms with van der Waals surface area (Å²) in [6.07, 6.45) is 1.45. The first-order valence-electron chi connectivity index (χ1n) is 11.0. The predicted octanol–water partition coefficient (Wildman–Crippen LogP) is 4.18. The zero-order valence-electron chi connectivity index (χ0n) is 18.8. The van der Waals surface area contributed by atoms with Gasteiger partial charge in [-0.1, -0.05) is 17.7 Å². The minimum absolute atomic E-state index is 0.0560. The van der Waals surface area contributed by atoms with E-state index in [-0.39, 0.29) is 27.6 Å². The Kier molecular flexibility index (Phi) is 5.89. The van der Waals surface area contributed by atoms with Gasteiger partial charge < -0.3 is 18.6 Å². The van der Waals surface area contributed by atoms with Crippen LogP contribution >= 0.6 is 0 Å². The number of aryl methyl sites for hydroxylation is 1. The Bertz CT molecular complexity index is 1440. The van der Waals surface area contributed by atoms with Gasteiger partial charge in [-0.05, 0) is 55.5 Å². The number of hydrogen-bond donors (Lipinski definition) is 0. The van der Waals surface area contributed by atoms with Crippen LogP contribution in [0.15, 0.2) is 85.7 Å². The van der Waals surface area contributed by atoms with Crippen molar-refractivity contribution in [1.82, 2.24) is 9.88 Å². The van der Waals surface area contributed by atoms with E-state index in [1.165, 1.54) is 42.7 Å². The van der Waals surface area contributed by atoms with Gasteiger partial charge in [0.15, 0.2) is 5.76 Å². The number of rotatable bonds is 5. The molecule has 180 valence electrons. The van der Waals surface area contributed by atoms with Gasteiger partial charge in [-0.25, -0.2) is 12.8 Å². The minimum Gasteiger partial charge on any atom is -0.459 e. The largest absolute Gasteiger partial charge is 0.459 e. The van der Waals surface area contributed by atoms with Crippen LogP contribution in [0.25, 0.3) is 11.7 Å². The lowest BCUT2D eigenvalue weighted by molar-refractivity contribution is 0.0745. The van der Waals surface area contributed by atoms with E-state index in [9.17, 15) is 17.6 Å². The van der Waals surface area contributed by atoms with Crippen LogP contribution in [0.3, 0.4) is 0 Å². The fourth-order valence-electron chi connectivity index (χ4n) is 3.90. The van der Waals surface area contributed by atoms with Gasteiger partial charge in [-0.15, -0.1) is 0 Å². The molecular formula is C25H22FN3O5S. The number of hydrogen-bond acceptors (Lipinski definition) is 7. The summed E-state index contributed by atoms with van der Waals surface area (Å²) in [5.74, 6) is -0.162. The lowest BCUT2D eigenvalue weighted by Crippen LogP contribution is -2.49. The predicted molar refractivity (Wildman–Crippen MR) is 125 cm³/mol. The first-order valence-corrected chi connectivity index (χ1v) is 12.5. The average Bonchev–Trinajstić information content (AvgIpc) is 3.55. The van der Waals surface area contributed by atoms with E-state index in [0.717, 1.165) is 5.56 Å². The van der Waals surface area contributed by atoms with Crippen LogP contribution in [0.1, 0.15) is 15.9 Å². The first kappa shape index (κ1) is 22.9. The quantitative estimate of drug-likeness (QED) is 0.410. The van der Waals surface area contributed by atoms with Crippen LogP contribution in [-0.4, -0.2) is 50.4 Å². The number of nitrogens with zero attached hydrogens (tertiary/aromatic N) is 3. The van der Waals surface area contributed by atoms with E-state index in [4.69, 9.17) is 8.83 Å². The van der Waals surface area contributed by atoms with Crippen LogP contribution in [-0.2, 0) is 9.84 Å². The Morgan fingerprint density at radius 3 is 2.29 bits per heavy atom. The minimum atomic E-state index is -3.99. The molecule has 3 heterocycles. The molecule has 2 aromatic carbocycles. The number of amides is 1. The number of carbonyl (C=O) groups excluding carboxylic acids is 1. The number of carbonyl (C=O) groups is 1. The molecule has 2 aromatic heterocycles. The lowest BCUT2D eigenvalue weighted by Gasteiger charge is -2.34. The maximum atomic E-state index is 13.5. The molecule has 0 saturated carbocycles. The number of piperazine rings is 1. The molecule has 0 unspecified atom stereocenters. The van der Waals surface area contributed by atoms with Crippen molar-refractivity contribution in [1.29, 1.82) is 0 Å². The van der Waals surface area contributed by atoms with E-state index < -0.39 is 15.7 Å².